The molecule has 0 spiro atoms. The zero-order valence-corrected chi connectivity index (χ0v) is 17.7. The van der Waals surface area contributed by atoms with E-state index in [-0.39, 0.29) is 5.69 Å². The minimum Gasteiger partial charge on any atom is -0.493 e. The zero-order valence-electron chi connectivity index (χ0n) is 16.8. The van der Waals surface area contributed by atoms with E-state index in [4.69, 9.17) is 14.2 Å². The quantitative estimate of drug-likeness (QED) is 0.509. The van der Waals surface area contributed by atoms with Gasteiger partial charge in [0, 0.05) is 24.5 Å². The van der Waals surface area contributed by atoms with Crippen molar-refractivity contribution in [1.82, 2.24) is 15.8 Å². The van der Waals surface area contributed by atoms with E-state index >= 15 is 0 Å². The first-order chi connectivity index (χ1) is 14.6. The summed E-state index contributed by atoms with van der Waals surface area (Å²) in [5.41, 5.74) is 5.72. The number of ether oxygens (including phenoxy) is 3. The number of nitrogens with zero attached hydrogens (tertiary/aromatic N) is 2. The molecule has 2 N–H and O–H groups in total. The topological polar surface area (TPSA) is 102 Å². The van der Waals surface area contributed by atoms with Gasteiger partial charge in [0.05, 0.1) is 26.9 Å². The highest BCUT2D eigenvalue weighted by atomic mass is 32.1. The summed E-state index contributed by atoms with van der Waals surface area (Å²) >= 11 is 1.38. The Morgan fingerprint density at radius 1 is 1.27 bits per heavy atom. The lowest BCUT2D eigenvalue weighted by Gasteiger charge is -2.25. The van der Waals surface area contributed by atoms with E-state index in [9.17, 15) is 9.59 Å². The molecule has 2 heterocycles. The van der Waals surface area contributed by atoms with E-state index in [0.29, 0.717) is 31.3 Å². The van der Waals surface area contributed by atoms with E-state index in [1.54, 1.807) is 36.8 Å². The van der Waals surface area contributed by atoms with Crippen molar-refractivity contribution in [2.45, 2.75) is 6.92 Å². The maximum absolute atomic E-state index is 12.2. The number of aromatic nitrogens is 1. The average molecular weight is 433 g/mol. The molecule has 3 rings (SSSR count). The predicted molar refractivity (Wildman–Crippen MR) is 114 cm³/mol. The van der Waals surface area contributed by atoms with Crippen molar-refractivity contribution in [2.24, 2.45) is 0 Å². The highest BCUT2D eigenvalue weighted by Crippen LogP contribution is 2.28. The van der Waals surface area contributed by atoms with Crippen LogP contribution in [0.2, 0.25) is 0 Å². The zero-order chi connectivity index (χ0) is 21.3. The van der Waals surface area contributed by atoms with Crippen LogP contribution in [0.4, 0.5) is 5.13 Å². The van der Waals surface area contributed by atoms with Crippen LogP contribution >= 0.6 is 11.3 Å². The van der Waals surface area contributed by atoms with Gasteiger partial charge in [-0.25, -0.2) is 4.98 Å². The number of carbonyl (C=O) groups excluding carboxylic acids is 2. The summed E-state index contributed by atoms with van der Waals surface area (Å²) in [6.45, 7) is 5.19. The molecular formula is C20H24N4O5S. The monoisotopic (exact) mass is 432 g/mol. The van der Waals surface area contributed by atoms with Gasteiger partial charge in [-0.15, -0.1) is 11.3 Å². The number of methoxy groups -OCH3 is 1. The second-order valence-corrected chi connectivity index (χ2v) is 7.07. The first kappa shape index (κ1) is 21.6. The van der Waals surface area contributed by atoms with Crippen LogP contribution in [0.3, 0.4) is 0 Å². The molecule has 2 amide bonds. The number of anilines is 1. The van der Waals surface area contributed by atoms with Crippen molar-refractivity contribution >= 4 is 34.4 Å². The summed E-state index contributed by atoms with van der Waals surface area (Å²) < 4.78 is 16.1. The predicted octanol–water partition coefficient (Wildman–Crippen LogP) is 1.86. The molecule has 1 aliphatic heterocycles. The fourth-order valence-corrected chi connectivity index (χ4v) is 3.59. The van der Waals surface area contributed by atoms with Crippen LogP contribution in [-0.4, -0.2) is 56.8 Å². The van der Waals surface area contributed by atoms with Gasteiger partial charge < -0.3 is 19.1 Å². The molecule has 0 saturated carbocycles. The van der Waals surface area contributed by atoms with Crippen LogP contribution in [0, 0.1) is 0 Å². The maximum atomic E-state index is 12.2. The Labute approximate surface area is 178 Å². The molecule has 0 atom stereocenters. The second kappa shape index (κ2) is 10.6. The summed E-state index contributed by atoms with van der Waals surface area (Å²) in [5, 5.41) is 2.42. The lowest BCUT2D eigenvalue weighted by molar-refractivity contribution is -0.117. The molecule has 1 aromatic carbocycles. The van der Waals surface area contributed by atoms with Gasteiger partial charge in [0.25, 0.3) is 11.8 Å². The second-order valence-electron chi connectivity index (χ2n) is 6.23. The normalized spacial score (nSPS) is 13.9. The molecule has 1 saturated heterocycles. The number of nitrogens with one attached hydrogen (secondary N) is 2. The van der Waals surface area contributed by atoms with E-state index in [1.165, 1.54) is 17.4 Å². The standard InChI is InChI=1S/C20H24N4O5S/c1-3-29-16-6-4-14(12-17(16)27-2)5-7-18(25)22-23-19(26)15-13-30-20(21-15)24-8-10-28-11-9-24/h4-7,12-13H,3,8-11H2,1-2H3,(H,22,25)(H,23,26)/b7-5+. The van der Waals surface area contributed by atoms with Gasteiger partial charge in [0.2, 0.25) is 0 Å². The number of hydrazine groups is 1. The van der Waals surface area contributed by atoms with Crippen molar-refractivity contribution in [3.05, 3.63) is 40.9 Å². The molecule has 1 aliphatic rings. The Bertz CT molecular complexity index is 908. The Morgan fingerprint density at radius 2 is 2.07 bits per heavy atom. The largest absolute Gasteiger partial charge is 0.493 e. The van der Waals surface area contributed by atoms with Crippen molar-refractivity contribution < 1.29 is 23.8 Å². The minimum atomic E-state index is -0.477. The van der Waals surface area contributed by atoms with Gasteiger partial charge >= 0.3 is 0 Å². The maximum Gasteiger partial charge on any atom is 0.289 e. The molecule has 160 valence electrons. The fourth-order valence-electron chi connectivity index (χ4n) is 2.73. The van der Waals surface area contributed by atoms with Gasteiger partial charge in [0.1, 0.15) is 5.69 Å². The first-order valence-corrected chi connectivity index (χ1v) is 10.4. The molecule has 2 aromatic rings. The number of rotatable bonds is 7. The van der Waals surface area contributed by atoms with Gasteiger partial charge in [0.15, 0.2) is 16.6 Å². The summed E-state index contributed by atoms with van der Waals surface area (Å²) in [6, 6.07) is 5.34. The van der Waals surface area contributed by atoms with Crippen LogP contribution in [0.5, 0.6) is 11.5 Å². The van der Waals surface area contributed by atoms with E-state index in [2.05, 4.69) is 20.7 Å². The summed E-state index contributed by atoms with van der Waals surface area (Å²) in [4.78, 5) is 30.6. The number of carbonyl (C=O) groups is 2. The van der Waals surface area contributed by atoms with Gasteiger partial charge in [-0.05, 0) is 30.7 Å². The van der Waals surface area contributed by atoms with Gasteiger partial charge in [-0.3, -0.25) is 20.4 Å². The molecule has 30 heavy (non-hydrogen) atoms. The third-order valence-electron chi connectivity index (χ3n) is 4.22. The number of amides is 2. The van der Waals surface area contributed by atoms with Crippen LogP contribution in [0.25, 0.3) is 6.08 Å². The summed E-state index contributed by atoms with van der Waals surface area (Å²) in [7, 11) is 1.55. The van der Waals surface area contributed by atoms with Gasteiger partial charge in [-0.1, -0.05) is 6.07 Å². The van der Waals surface area contributed by atoms with Crippen LogP contribution < -0.4 is 25.2 Å². The Hall–Kier alpha value is -3.11. The molecule has 1 fully saturated rings. The smallest absolute Gasteiger partial charge is 0.289 e. The molecule has 0 bridgehead atoms. The minimum absolute atomic E-state index is 0.252. The highest BCUT2D eigenvalue weighted by molar-refractivity contribution is 7.13. The van der Waals surface area contributed by atoms with Crippen molar-refractivity contribution in [3.63, 3.8) is 0 Å². The number of thiazole rings is 1. The molecular weight excluding hydrogens is 408 g/mol. The number of hydrogen-bond acceptors (Lipinski definition) is 8. The van der Waals surface area contributed by atoms with Crippen molar-refractivity contribution in [2.75, 3.05) is 44.9 Å². The summed E-state index contributed by atoms with van der Waals surface area (Å²) in [6.07, 6.45) is 2.93. The van der Waals surface area contributed by atoms with Crippen LogP contribution in [0.15, 0.2) is 29.7 Å². The average Bonchev–Trinajstić information content (AvgIpc) is 3.28. The van der Waals surface area contributed by atoms with Crippen LogP contribution in [0.1, 0.15) is 23.0 Å². The molecule has 9 nitrogen and oxygen atoms in total. The Morgan fingerprint density at radius 3 is 2.80 bits per heavy atom. The Balaban J connectivity index is 1.51. The van der Waals surface area contributed by atoms with E-state index in [0.717, 1.165) is 23.8 Å². The number of morpholine rings is 1. The van der Waals surface area contributed by atoms with E-state index < -0.39 is 11.8 Å². The lowest BCUT2D eigenvalue weighted by Crippen LogP contribution is -2.41. The molecule has 0 radical (unpaired) electrons. The lowest BCUT2D eigenvalue weighted by atomic mass is 10.2. The molecule has 1 aromatic heterocycles. The van der Waals surface area contributed by atoms with Crippen molar-refractivity contribution in [1.29, 1.82) is 0 Å². The van der Waals surface area contributed by atoms with E-state index in [1.807, 2.05) is 6.92 Å². The van der Waals surface area contributed by atoms with Crippen LogP contribution in [-0.2, 0) is 9.53 Å². The van der Waals surface area contributed by atoms with Crippen molar-refractivity contribution in [3.8, 4) is 11.5 Å². The first-order valence-electron chi connectivity index (χ1n) is 9.48. The molecule has 10 heteroatoms. The third-order valence-corrected chi connectivity index (χ3v) is 5.12. The third kappa shape index (κ3) is 5.71. The fraction of sp³-hybridized carbons (Fsp3) is 0.350. The highest BCUT2D eigenvalue weighted by Gasteiger charge is 2.17. The Kier molecular flexibility index (Phi) is 7.63. The molecule has 0 unspecified atom stereocenters. The SMILES string of the molecule is CCOc1ccc(/C=C/C(=O)NNC(=O)c2csc(N3CCOCC3)n2)cc1OC. The number of hydrogen-bond donors (Lipinski definition) is 2. The van der Waals surface area contributed by atoms with Gasteiger partial charge in [-0.2, -0.15) is 0 Å². The molecule has 0 aliphatic carbocycles. The number of benzene rings is 1. The summed E-state index contributed by atoms with van der Waals surface area (Å²) in [5.74, 6) is 0.260.